The monoisotopic (exact) mass is 255 g/mol. The predicted molar refractivity (Wildman–Crippen MR) is 79.7 cm³/mol. The normalized spacial score (nSPS) is 11.6. The molecule has 0 bridgehead atoms. The molecule has 0 aliphatic heterocycles. The Kier molecular flexibility index (Phi) is 9.13. The van der Waals surface area contributed by atoms with Crippen LogP contribution in [0.4, 0.5) is 0 Å². The third kappa shape index (κ3) is 6.42. The first-order valence-electron chi connectivity index (χ1n) is 7.79. The molecule has 0 atom stereocenters. The Morgan fingerprint density at radius 3 is 1.94 bits per heavy atom. The Balaban J connectivity index is 4.33. The second-order valence-electron chi connectivity index (χ2n) is 5.94. The van der Waals surface area contributed by atoms with E-state index in [0.717, 1.165) is 38.8 Å². The van der Waals surface area contributed by atoms with Gasteiger partial charge in [0.2, 0.25) is 5.91 Å². The van der Waals surface area contributed by atoms with Gasteiger partial charge in [0.1, 0.15) is 0 Å². The van der Waals surface area contributed by atoms with Crippen molar-refractivity contribution >= 4 is 5.91 Å². The van der Waals surface area contributed by atoms with E-state index >= 15 is 0 Å². The predicted octanol–water partition coefficient (Wildman–Crippen LogP) is 4.63. The minimum absolute atomic E-state index is 0.196. The van der Waals surface area contributed by atoms with Gasteiger partial charge in [-0.25, -0.2) is 0 Å². The fourth-order valence-corrected chi connectivity index (χ4v) is 1.97. The molecule has 0 radical (unpaired) electrons. The molecule has 0 spiro atoms. The summed E-state index contributed by atoms with van der Waals surface area (Å²) >= 11 is 0. The minimum atomic E-state index is -0.196. The molecule has 2 heteroatoms. The maximum absolute atomic E-state index is 12.5. The quantitative estimate of drug-likeness (QED) is 0.521. The molecule has 0 saturated carbocycles. The standard InChI is InChI=1S/C16H33NO/c1-6-9-11-12-14-17(13-10-7-2)15(18)16(4,5)8-3/h6-14H2,1-5H3. The molecule has 2 nitrogen and oxygen atoms in total. The Labute approximate surface area is 114 Å². The zero-order valence-corrected chi connectivity index (χ0v) is 13.2. The van der Waals surface area contributed by atoms with Crippen molar-refractivity contribution in [3.63, 3.8) is 0 Å². The highest BCUT2D eigenvalue weighted by molar-refractivity contribution is 5.81. The second kappa shape index (κ2) is 9.41. The number of hydrogen-bond acceptors (Lipinski definition) is 1. The molecule has 0 aliphatic carbocycles. The summed E-state index contributed by atoms with van der Waals surface area (Å²) in [6, 6.07) is 0. The van der Waals surface area contributed by atoms with E-state index in [1.807, 2.05) is 0 Å². The van der Waals surface area contributed by atoms with Crippen LogP contribution in [0.5, 0.6) is 0 Å². The molecule has 0 aliphatic rings. The average Bonchev–Trinajstić information content (AvgIpc) is 2.37. The SMILES string of the molecule is CCCCCCN(CCCC)C(=O)C(C)(C)CC. The van der Waals surface area contributed by atoms with Gasteiger partial charge < -0.3 is 4.90 Å². The number of nitrogens with zero attached hydrogens (tertiary/aromatic N) is 1. The highest BCUT2D eigenvalue weighted by Gasteiger charge is 2.29. The van der Waals surface area contributed by atoms with E-state index in [1.165, 1.54) is 19.3 Å². The smallest absolute Gasteiger partial charge is 0.228 e. The summed E-state index contributed by atoms with van der Waals surface area (Å²) in [5.41, 5.74) is -0.196. The fourth-order valence-electron chi connectivity index (χ4n) is 1.97. The Bertz CT molecular complexity index is 223. The zero-order valence-electron chi connectivity index (χ0n) is 13.2. The maximum atomic E-state index is 12.5. The van der Waals surface area contributed by atoms with Gasteiger partial charge >= 0.3 is 0 Å². The van der Waals surface area contributed by atoms with Crippen LogP contribution < -0.4 is 0 Å². The van der Waals surface area contributed by atoms with Crippen LogP contribution >= 0.6 is 0 Å². The van der Waals surface area contributed by atoms with Crippen LogP contribution in [0.25, 0.3) is 0 Å². The first-order valence-corrected chi connectivity index (χ1v) is 7.79. The van der Waals surface area contributed by atoms with Crippen LogP contribution in [0, 0.1) is 5.41 Å². The number of unbranched alkanes of at least 4 members (excludes halogenated alkanes) is 4. The number of amides is 1. The van der Waals surface area contributed by atoms with Gasteiger partial charge in [-0.3, -0.25) is 4.79 Å². The molecule has 0 heterocycles. The van der Waals surface area contributed by atoms with Gasteiger partial charge in [0.05, 0.1) is 0 Å². The molecular formula is C16H33NO. The lowest BCUT2D eigenvalue weighted by Gasteiger charge is -2.31. The molecule has 108 valence electrons. The van der Waals surface area contributed by atoms with Crippen LogP contribution in [-0.4, -0.2) is 23.9 Å². The van der Waals surface area contributed by atoms with Crippen molar-refractivity contribution in [1.29, 1.82) is 0 Å². The molecule has 0 fully saturated rings. The summed E-state index contributed by atoms with van der Waals surface area (Å²) < 4.78 is 0. The van der Waals surface area contributed by atoms with Crippen molar-refractivity contribution in [2.75, 3.05) is 13.1 Å². The molecule has 1 amide bonds. The Morgan fingerprint density at radius 1 is 0.889 bits per heavy atom. The van der Waals surface area contributed by atoms with Crippen LogP contribution in [0.3, 0.4) is 0 Å². The van der Waals surface area contributed by atoms with Gasteiger partial charge in [-0.15, -0.1) is 0 Å². The molecule has 0 unspecified atom stereocenters. The molecule has 0 N–H and O–H groups in total. The highest BCUT2D eigenvalue weighted by Crippen LogP contribution is 2.23. The van der Waals surface area contributed by atoms with E-state index in [1.54, 1.807) is 0 Å². The van der Waals surface area contributed by atoms with Gasteiger partial charge in [0.25, 0.3) is 0 Å². The maximum Gasteiger partial charge on any atom is 0.228 e. The molecule has 0 aromatic heterocycles. The summed E-state index contributed by atoms with van der Waals surface area (Å²) in [5.74, 6) is 0.343. The zero-order chi connectivity index (χ0) is 14.0. The minimum Gasteiger partial charge on any atom is -0.342 e. The Hall–Kier alpha value is -0.530. The molecule has 0 saturated heterocycles. The van der Waals surface area contributed by atoms with E-state index in [2.05, 4.69) is 39.5 Å². The summed E-state index contributed by atoms with van der Waals surface area (Å²) in [7, 11) is 0. The van der Waals surface area contributed by atoms with Crippen molar-refractivity contribution in [2.45, 2.75) is 79.6 Å². The van der Waals surface area contributed by atoms with E-state index in [-0.39, 0.29) is 5.41 Å². The van der Waals surface area contributed by atoms with Gasteiger partial charge in [0.15, 0.2) is 0 Å². The van der Waals surface area contributed by atoms with E-state index in [9.17, 15) is 4.79 Å². The van der Waals surface area contributed by atoms with Gasteiger partial charge in [-0.2, -0.15) is 0 Å². The average molecular weight is 255 g/mol. The van der Waals surface area contributed by atoms with Gasteiger partial charge in [-0.05, 0) is 19.3 Å². The van der Waals surface area contributed by atoms with Crippen molar-refractivity contribution in [3.05, 3.63) is 0 Å². The van der Waals surface area contributed by atoms with Crippen molar-refractivity contribution < 1.29 is 4.79 Å². The summed E-state index contributed by atoms with van der Waals surface area (Å²) in [6.07, 6.45) is 8.15. The third-order valence-electron chi connectivity index (χ3n) is 3.81. The van der Waals surface area contributed by atoms with Crippen LogP contribution in [0.15, 0.2) is 0 Å². The van der Waals surface area contributed by atoms with E-state index in [0.29, 0.717) is 5.91 Å². The van der Waals surface area contributed by atoms with Crippen LogP contribution in [0.2, 0.25) is 0 Å². The van der Waals surface area contributed by atoms with E-state index < -0.39 is 0 Å². The summed E-state index contributed by atoms with van der Waals surface area (Å²) in [6.45, 7) is 12.5. The largest absolute Gasteiger partial charge is 0.342 e. The molecule has 18 heavy (non-hydrogen) atoms. The van der Waals surface area contributed by atoms with Crippen molar-refractivity contribution in [3.8, 4) is 0 Å². The van der Waals surface area contributed by atoms with Crippen molar-refractivity contribution in [1.82, 2.24) is 4.90 Å². The lowest BCUT2D eigenvalue weighted by atomic mass is 9.88. The first-order chi connectivity index (χ1) is 8.49. The van der Waals surface area contributed by atoms with Crippen LogP contribution in [0.1, 0.15) is 79.6 Å². The highest BCUT2D eigenvalue weighted by atomic mass is 16.2. The molecular weight excluding hydrogens is 222 g/mol. The van der Waals surface area contributed by atoms with Crippen LogP contribution in [-0.2, 0) is 4.79 Å². The topological polar surface area (TPSA) is 20.3 Å². The number of hydrogen-bond donors (Lipinski definition) is 0. The number of carbonyl (C=O) groups is 1. The first kappa shape index (κ1) is 17.5. The number of rotatable bonds is 10. The molecule has 0 aromatic rings. The second-order valence-corrected chi connectivity index (χ2v) is 5.94. The van der Waals surface area contributed by atoms with Crippen molar-refractivity contribution in [2.24, 2.45) is 5.41 Å². The summed E-state index contributed by atoms with van der Waals surface area (Å²) in [4.78, 5) is 14.6. The lowest BCUT2D eigenvalue weighted by molar-refractivity contribution is -0.140. The fraction of sp³-hybridized carbons (Fsp3) is 0.938. The van der Waals surface area contributed by atoms with Gasteiger partial charge in [-0.1, -0.05) is 60.3 Å². The number of carbonyl (C=O) groups excluding carboxylic acids is 1. The third-order valence-corrected chi connectivity index (χ3v) is 3.81. The molecule has 0 aromatic carbocycles. The molecule has 0 rings (SSSR count). The van der Waals surface area contributed by atoms with E-state index in [4.69, 9.17) is 0 Å². The lowest BCUT2D eigenvalue weighted by Crippen LogP contribution is -2.41. The van der Waals surface area contributed by atoms with Gasteiger partial charge in [0, 0.05) is 18.5 Å². The Morgan fingerprint density at radius 2 is 1.44 bits per heavy atom. The summed E-state index contributed by atoms with van der Waals surface area (Å²) in [5, 5.41) is 0.